The van der Waals surface area contributed by atoms with Crippen molar-refractivity contribution in [1.82, 2.24) is 10.3 Å². The normalized spacial score (nSPS) is 13.1. The van der Waals surface area contributed by atoms with Gasteiger partial charge in [-0.3, -0.25) is 4.79 Å². The van der Waals surface area contributed by atoms with Crippen molar-refractivity contribution >= 4 is 18.0 Å². The van der Waals surface area contributed by atoms with E-state index in [1.165, 1.54) is 0 Å². The zero-order chi connectivity index (χ0) is 19.6. The highest BCUT2D eigenvalue weighted by atomic mass is 16.5. The number of carboxylic acids is 1. The van der Waals surface area contributed by atoms with Gasteiger partial charge in [-0.15, -0.1) is 0 Å². The minimum Gasteiger partial charge on any atom is -0.496 e. The molecule has 1 heterocycles. The fourth-order valence-corrected chi connectivity index (χ4v) is 2.95. The average Bonchev–Trinajstić information content (AvgIpc) is 3.49. The van der Waals surface area contributed by atoms with E-state index in [1.807, 2.05) is 13.0 Å². The van der Waals surface area contributed by atoms with Gasteiger partial charge in [-0.1, -0.05) is 12.7 Å². The lowest BCUT2D eigenvalue weighted by molar-refractivity contribution is 0.0691. The van der Waals surface area contributed by atoms with E-state index < -0.39 is 5.97 Å². The van der Waals surface area contributed by atoms with E-state index in [0.29, 0.717) is 29.3 Å². The van der Waals surface area contributed by atoms with Gasteiger partial charge in [-0.25, -0.2) is 9.78 Å². The molecule has 0 saturated heterocycles. The van der Waals surface area contributed by atoms with Gasteiger partial charge in [0.1, 0.15) is 11.4 Å². The summed E-state index contributed by atoms with van der Waals surface area (Å²) in [6.45, 7) is 6.24. The van der Waals surface area contributed by atoms with Crippen LogP contribution in [-0.4, -0.2) is 35.6 Å². The summed E-state index contributed by atoms with van der Waals surface area (Å²) in [6.07, 6.45) is 3.92. The van der Waals surface area contributed by atoms with Gasteiger partial charge in [0.25, 0.3) is 5.91 Å². The van der Waals surface area contributed by atoms with Crippen molar-refractivity contribution in [2.45, 2.75) is 19.8 Å². The fraction of sp³-hybridized carbons (Fsp3) is 0.286. The minimum absolute atomic E-state index is 0.101. The molecule has 2 aromatic rings. The molecule has 1 aliphatic carbocycles. The number of rotatable bonds is 7. The Hall–Kier alpha value is -3.15. The van der Waals surface area contributed by atoms with Crippen LogP contribution >= 0.6 is 0 Å². The van der Waals surface area contributed by atoms with Crippen LogP contribution in [0.5, 0.6) is 5.75 Å². The maximum atomic E-state index is 12.3. The number of aromatic nitrogens is 1. The minimum atomic E-state index is -1.19. The van der Waals surface area contributed by atoms with Crippen molar-refractivity contribution in [3.05, 3.63) is 53.4 Å². The number of methoxy groups -OCH3 is 1. The summed E-state index contributed by atoms with van der Waals surface area (Å²) in [7, 11) is 1.55. The number of nitrogens with one attached hydrogen (secondary N) is 1. The molecule has 1 aliphatic rings. The molecule has 0 unspecified atom stereocenters. The molecule has 6 heteroatoms. The standard InChI is InChI=1S/C21H22N2O4/c1-4-14-9-12(2)16(10-18(14)27-3)15-7-8-17(23-19(15)21(25)26)20(24)22-11-13-5-6-13/h4,7-10,13H,1,5-6,11H2,2-3H3,(H,22,24)(H,25,26). The summed E-state index contributed by atoms with van der Waals surface area (Å²) in [6, 6.07) is 6.82. The Morgan fingerprint density at radius 3 is 2.67 bits per heavy atom. The summed E-state index contributed by atoms with van der Waals surface area (Å²) in [4.78, 5) is 28.2. The van der Waals surface area contributed by atoms with Crippen LogP contribution in [0.4, 0.5) is 0 Å². The van der Waals surface area contributed by atoms with Gasteiger partial charge in [0.2, 0.25) is 0 Å². The molecule has 0 aliphatic heterocycles. The molecule has 0 bridgehead atoms. The van der Waals surface area contributed by atoms with Crippen molar-refractivity contribution in [2.24, 2.45) is 5.92 Å². The van der Waals surface area contributed by atoms with Crippen LogP contribution < -0.4 is 10.1 Å². The molecule has 27 heavy (non-hydrogen) atoms. The number of ether oxygens (including phenoxy) is 1. The first-order valence-electron chi connectivity index (χ1n) is 8.78. The highest BCUT2D eigenvalue weighted by molar-refractivity contribution is 5.98. The smallest absolute Gasteiger partial charge is 0.355 e. The summed E-state index contributed by atoms with van der Waals surface area (Å²) >= 11 is 0. The number of aryl methyl sites for hydroxylation is 1. The Morgan fingerprint density at radius 2 is 2.07 bits per heavy atom. The number of carboxylic acid groups (broad SMARTS) is 1. The highest BCUT2D eigenvalue weighted by Gasteiger charge is 2.23. The van der Waals surface area contributed by atoms with Gasteiger partial charge in [0.15, 0.2) is 5.69 Å². The molecule has 2 N–H and O–H groups in total. The van der Waals surface area contributed by atoms with Crippen molar-refractivity contribution < 1.29 is 19.4 Å². The quantitative estimate of drug-likeness (QED) is 0.782. The number of hydrogen-bond donors (Lipinski definition) is 2. The lowest BCUT2D eigenvalue weighted by Gasteiger charge is -2.14. The van der Waals surface area contributed by atoms with E-state index in [9.17, 15) is 14.7 Å². The molecule has 1 saturated carbocycles. The lowest BCUT2D eigenvalue weighted by Crippen LogP contribution is -2.27. The third kappa shape index (κ3) is 4.00. The van der Waals surface area contributed by atoms with Crippen molar-refractivity contribution in [1.29, 1.82) is 0 Å². The van der Waals surface area contributed by atoms with E-state index in [1.54, 1.807) is 31.4 Å². The van der Waals surface area contributed by atoms with Crippen LogP contribution in [0, 0.1) is 12.8 Å². The number of carbonyl (C=O) groups is 2. The van der Waals surface area contributed by atoms with Crippen LogP contribution in [0.15, 0.2) is 30.8 Å². The molecule has 1 aromatic carbocycles. The molecule has 6 nitrogen and oxygen atoms in total. The van der Waals surface area contributed by atoms with Gasteiger partial charge in [-0.2, -0.15) is 0 Å². The van der Waals surface area contributed by atoms with Gasteiger partial charge in [0, 0.05) is 17.7 Å². The van der Waals surface area contributed by atoms with E-state index in [4.69, 9.17) is 4.74 Å². The second-order valence-electron chi connectivity index (χ2n) is 6.66. The van der Waals surface area contributed by atoms with Crippen molar-refractivity contribution in [3.8, 4) is 16.9 Å². The van der Waals surface area contributed by atoms with Crippen molar-refractivity contribution in [3.63, 3.8) is 0 Å². The summed E-state index contributed by atoms with van der Waals surface area (Å²) in [5.74, 6) is -0.417. The number of nitrogens with zero attached hydrogens (tertiary/aromatic N) is 1. The molecular formula is C21H22N2O4. The monoisotopic (exact) mass is 366 g/mol. The molecule has 1 fully saturated rings. The van der Waals surface area contributed by atoms with Gasteiger partial charge < -0.3 is 15.2 Å². The number of pyridine rings is 1. The van der Waals surface area contributed by atoms with Crippen LogP contribution in [0.3, 0.4) is 0 Å². The lowest BCUT2D eigenvalue weighted by atomic mass is 9.96. The van der Waals surface area contributed by atoms with Crippen LogP contribution in [0.2, 0.25) is 0 Å². The molecule has 0 radical (unpaired) electrons. The number of carbonyl (C=O) groups excluding carboxylic acids is 1. The van der Waals surface area contributed by atoms with E-state index >= 15 is 0 Å². The third-order valence-electron chi connectivity index (χ3n) is 4.67. The molecule has 0 atom stereocenters. The maximum Gasteiger partial charge on any atom is 0.355 e. The topological polar surface area (TPSA) is 88.5 Å². The fourth-order valence-electron chi connectivity index (χ4n) is 2.95. The maximum absolute atomic E-state index is 12.3. The molecule has 1 aromatic heterocycles. The second kappa shape index (κ2) is 7.61. The number of hydrogen-bond acceptors (Lipinski definition) is 4. The second-order valence-corrected chi connectivity index (χ2v) is 6.66. The Kier molecular flexibility index (Phi) is 5.26. The Bertz CT molecular complexity index is 917. The van der Waals surface area contributed by atoms with Crippen LogP contribution in [0.1, 0.15) is 44.9 Å². The van der Waals surface area contributed by atoms with Crippen LogP contribution in [0.25, 0.3) is 17.2 Å². The SMILES string of the molecule is C=Cc1cc(C)c(-c2ccc(C(=O)NCC3CC3)nc2C(=O)O)cc1OC. The van der Waals surface area contributed by atoms with Crippen LogP contribution in [-0.2, 0) is 0 Å². The number of benzene rings is 1. The van der Waals surface area contributed by atoms with Gasteiger partial charge in [-0.05, 0) is 61.1 Å². The first-order valence-corrected chi connectivity index (χ1v) is 8.78. The summed E-state index contributed by atoms with van der Waals surface area (Å²) in [5.41, 5.74) is 2.75. The molecule has 0 spiro atoms. The van der Waals surface area contributed by atoms with Gasteiger partial charge >= 0.3 is 5.97 Å². The zero-order valence-corrected chi connectivity index (χ0v) is 15.4. The van der Waals surface area contributed by atoms with Gasteiger partial charge in [0.05, 0.1) is 7.11 Å². The van der Waals surface area contributed by atoms with E-state index in [-0.39, 0.29) is 17.3 Å². The Balaban J connectivity index is 2.01. The molecule has 1 amide bonds. The molecular weight excluding hydrogens is 344 g/mol. The summed E-state index contributed by atoms with van der Waals surface area (Å²) in [5, 5.41) is 12.4. The predicted octanol–water partition coefficient (Wildman–Crippen LogP) is 3.55. The summed E-state index contributed by atoms with van der Waals surface area (Å²) < 4.78 is 5.37. The highest BCUT2D eigenvalue weighted by Crippen LogP contribution is 2.33. The average molecular weight is 366 g/mol. The predicted molar refractivity (Wildman–Crippen MR) is 103 cm³/mol. The Labute approximate surface area is 157 Å². The Morgan fingerprint density at radius 1 is 1.33 bits per heavy atom. The van der Waals surface area contributed by atoms with Crippen molar-refractivity contribution in [2.75, 3.05) is 13.7 Å². The van der Waals surface area contributed by atoms with E-state index in [2.05, 4.69) is 16.9 Å². The number of amides is 1. The molecule has 3 rings (SSSR count). The first-order chi connectivity index (χ1) is 12.9. The molecule has 140 valence electrons. The zero-order valence-electron chi connectivity index (χ0n) is 15.4. The largest absolute Gasteiger partial charge is 0.496 e. The first kappa shape index (κ1) is 18.6. The number of aromatic carboxylic acids is 1. The van der Waals surface area contributed by atoms with E-state index in [0.717, 1.165) is 24.0 Å². The third-order valence-corrected chi connectivity index (χ3v) is 4.67.